The van der Waals surface area contributed by atoms with Gasteiger partial charge in [-0.25, -0.2) is 4.39 Å². The molecular weight excluding hydrogens is 215 g/mol. The summed E-state index contributed by atoms with van der Waals surface area (Å²) in [6, 6.07) is 4.99. The van der Waals surface area contributed by atoms with E-state index in [1.807, 2.05) is 20.0 Å². The highest BCUT2D eigenvalue weighted by Gasteiger charge is 2.08. The molecule has 0 aliphatic rings. The minimum Gasteiger partial charge on any atom is -0.319 e. The van der Waals surface area contributed by atoms with Crippen LogP contribution in [0, 0.1) is 18.7 Å². The molecule has 1 atom stereocenters. The zero-order valence-corrected chi connectivity index (χ0v) is 11.3. The van der Waals surface area contributed by atoms with Crippen LogP contribution >= 0.6 is 0 Å². The second-order valence-corrected chi connectivity index (χ2v) is 4.93. The van der Waals surface area contributed by atoms with Gasteiger partial charge in [-0.3, -0.25) is 0 Å². The fraction of sp³-hybridized carbons (Fsp3) is 0.571. The van der Waals surface area contributed by atoms with Crippen molar-refractivity contribution >= 4 is 0 Å². The number of nitrogens with one attached hydrogen (secondary N) is 1. The van der Waals surface area contributed by atoms with Crippen LogP contribution in [0.4, 0.5) is 4.39 Å². The predicted octanol–water partition coefficient (Wildman–Crippen LogP) is 2.42. The molecule has 0 saturated heterocycles. The van der Waals surface area contributed by atoms with Crippen molar-refractivity contribution < 1.29 is 4.39 Å². The third-order valence-electron chi connectivity index (χ3n) is 2.93. The molecule has 0 fully saturated rings. The van der Waals surface area contributed by atoms with Gasteiger partial charge in [0.2, 0.25) is 0 Å². The van der Waals surface area contributed by atoms with Gasteiger partial charge in [0.25, 0.3) is 0 Å². The van der Waals surface area contributed by atoms with Crippen molar-refractivity contribution in [2.45, 2.75) is 20.4 Å². The first-order valence-corrected chi connectivity index (χ1v) is 6.11. The zero-order chi connectivity index (χ0) is 12.8. The summed E-state index contributed by atoms with van der Waals surface area (Å²) in [5.74, 6) is 0.445. The number of benzene rings is 1. The molecule has 1 aromatic carbocycles. The third-order valence-corrected chi connectivity index (χ3v) is 2.93. The van der Waals surface area contributed by atoms with Gasteiger partial charge in [0.1, 0.15) is 5.82 Å². The molecule has 1 rings (SSSR count). The first kappa shape index (κ1) is 14.1. The molecule has 1 aromatic rings. The van der Waals surface area contributed by atoms with Crippen molar-refractivity contribution in [1.82, 2.24) is 10.2 Å². The quantitative estimate of drug-likeness (QED) is 0.819. The number of hydrogen-bond acceptors (Lipinski definition) is 2. The van der Waals surface area contributed by atoms with Crippen molar-refractivity contribution in [3.63, 3.8) is 0 Å². The lowest BCUT2D eigenvalue weighted by atomic mass is 10.1. The molecule has 2 nitrogen and oxygen atoms in total. The molecule has 17 heavy (non-hydrogen) atoms. The van der Waals surface area contributed by atoms with E-state index in [2.05, 4.69) is 24.2 Å². The summed E-state index contributed by atoms with van der Waals surface area (Å²) in [6.45, 7) is 7.06. The Morgan fingerprint density at radius 2 is 2.12 bits per heavy atom. The van der Waals surface area contributed by atoms with Gasteiger partial charge >= 0.3 is 0 Å². The van der Waals surface area contributed by atoms with Crippen molar-refractivity contribution in [3.05, 3.63) is 35.1 Å². The molecule has 0 aliphatic carbocycles. The van der Waals surface area contributed by atoms with E-state index in [0.717, 1.165) is 30.8 Å². The summed E-state index contributed by atoms with van der Waals surface area (Å²) in [7, 11) is 4.05. The Kier molecular flexibility index (Phi) is 5.59. The number of hydrogen-bond donors (Lipinski definition) is 1. The van der Waals surface area contributed by atoms with E-state index in [0.29, 0.717) is 5.92 Å². The molecule has 0 spiro atoms. The summed E-state index contributed by atoms with van der Waals surface area (Å²) < 4.78 is 13.2. The predicted molar refractivity (Wildman–Crippen MR) is 70.6 cm³/mol. The monoisotopic (exact) mass is 238 g/mol. The molecule has 0 aromatic heterocycles. The van der Waals surface area contributed by atoms with Gasteiger partial charge in [-0.05, 0) is 56.7 Å². The van der Waals surface area contributed by atoms with Crippen molar-refractivity contribution in [3.8, 4) is 0 Å². The van der Waals surface area contributed by atoms with E-state index < -0.39 is 0 Å². The number of nitrogens with zero attached hydrogens (tertiary/aromatic N) is 1. The molecule has 96 valence electrons. The van der Waals surface area contributed by atoms with Gasteiger partial charge in [0.15, 0.2) is 0 Å². The lowest BCUT2D eigenvalue weighted by molar-refractivity contribution is 0.275. The van der Waals surface area contributed by atoms with Crippen LogP contribution in [0.1, 0.15) is 18.1 Å². The van der Waals surface area contributed by atoms with Crippen LogP contribution in [0.3, 0.4) is 0 Å². The largest absolute Gasteiger partial charge is 0.319 e. The zero-order valence-electron chi connectivity index (χ0n) is 11.3. The molecule has 1 unspecified atom stereocenters. The molecule has 0 radical (unpaired) electrons. The van der Waals surface area contributed by atoms with E-state index in [4.69, 9.17) is 0 Å². The van der Waals surface area contributed by atoms with Crippen molar-refractivity contribution in [1.29, 1.82) is 0 Å². The maximum Gasteiger partial charge on any atom is 0.123 e. The first-order valence-electron chi connectivity index (χ1n) is 6.11. The molecule has 3 heteroatoms. The van der Waals surface area contributed by atoms with Gasteiger partial charge in [-0.1, -0.05) is 13.0 Å². The Hall–Kier alpha value is -0.930. The maximum absolute atomic E-state index is 13.2. The Balaban J connectivity index is 2.55. The molecule has 0 bridgehead atoms. The van der Waals surface area contributed by atoms with E-state index in [-0.39, 0.29) is 5.82 Å². The Morgan fingerprint density at radius 1 is 1.41 bits per heavy atom. The Morgan fingerprint density at radius 3 is 2.76 bits per heavy atom. The topological polar surface area (TPSA) is 15.3 Å². The second-order valence-electron chi connectivity index (χ2n) is 4.93. The molecule has 0 aliphatic heterocycles. The second kappa shape index (κ2) is 6.72. The van der Waals surface area contributed by atoms with Crippen LogP contribution in [0.2, 0.25) is 0 Å². The van der Waals surface area contributed by atoms with E-state index >= 15 is 0 Å². The maximum atomic E-state index is 13.2. The lowest BCUT2D eigenvalue weighted by Crippen LogP contribution is -2.29. The highest BCUT2D eigenvalue weighted by atomic mass is 19.1. The lowest BCUT2D eigenvalue weighted by Gasteiger charge is -2.22. The smallest absolute Gasteiger partial charge is 0.123 e. The number of halogens is 1. The van der Waals surface area contributed by atoms with Crippen LogP contribution in [-0.2, 0) is 6.54 Å². The van der Waals surface area contributed by atoms with Crippen LogP contribution in [0.15, 0.2) is 18.2 Å². The standard InChI is InChI=1S/C14H23FN2/c1-11(8-16-3)9-17(4)10-13-7-14(15)6-5-12(13)2/h5-7,11,16H,8-10H2,1-4H3. The van der Waals surface area contributed by atoms with E-state index in [1.54, 1.807) is 6.07 Å². The highest BCUT2D eigenvalue weighted by Crippen LogP contribution is 2.12. The van der Waals surface area contributed by atoms with Crippen LogP contribution in [0.5, 0.6) is 0 Å². The highest BCUT2D eigenvalue weighted by molar-refractivity contribution is 5.26. The SMILES string of the molecule is CNCC(C)CN(C)Cc1cc(F)ccc1C. The van der Waals surface area contributed by atoms with Crippen molar-refractivity contribution in [2.24, 2.45) is 5.92 Å². The summed E-state index contributed by atoms with van der Waals surface area (Å²) >= 11 is 0. The van der Waals surface area contributed by atoms with Gasteiger partial charge in [0.05, 0.1) is 0 Å². The summed E-state index contributed by atoms with van der Waals surface area (Å²) in [5.41, 5.74) is 2.23. The van der Waals surface area contributed by atoms with E-state index in [9.17, 15) is 4.39 Å². The fourth-order valence-corrected chi connectivity index (χ4v) is 2.11. The average Bonchev–Trinajstić information content (AvgIpc) is 2.23. The normalized spacial score (nSPS) is 13.1. The summed E-state index contributed by atoms with van der Waals surface area (Å²) in [4.78, 5) is 2.24. The minimum absolute atomic E-state index is 0.151. The molecule has 0 amide bonds. The third kappa shape index (κ3) is 4.84. The number of rotatable bonds is 6. The van der Waals surface area contributed by atoms with Gasteiger partial charge < -0.3 is 10.2 Å². The fourth-order valence-electron chi connectivity index (χ4n) is 2.11. The minimum atomic E-state index is -0.151. The van der Waals surface area contributed by atoms with Gasteiger partial charge in [-0.2, -0.15) is 0 Å². The van der Waals surface area contributed by atoms with Gasteiger partial charge in [0, 0.05) is 13.1 Å². The van der Waals surface area contributed by atoms with E-state index in [1.165, 1.54) is 6.07 Å². The Labute approximate surface area is 104 Å². The first-order chi connectivity index (χ1) is 8.02. The Bertz CT molecular complexity index is 352. The van der Waals surface area contributed by atoms with Gasteiger partial charge in [-0.15, -0.1) is 0 Å². The molecular formula is C14H23FN2. The molecule has 1 N–H and O–H groups in total. The molecule has 0 heterocycles. The summed E-state index contributed by atoms with van der Waals surface area (Å²) in [6.07, 6.45) is 0. The van der Waals surface area contributed by atoms with Crippen LogP contribution < -0.4 is 5.32 Å². The van der Waals surface area contributed by atoms with Crippen LogP contribution in [-0.4, -0.2) is 32.1 Å². The summed E-state index contributed by atoms with van der Waals surface area (Å²) in [5, 5.41) is 3.17. The molecule has 0 saturated carbocycles. The number of aryl methyl sites for hydroxylation is 1. The van der Waals surface area contributed by atoms with Crippen molar-refractivity contribution in [2.75, 3.05) is 27.2 Å². The van der Waals surface area contributed by atoms with Crippen LogP contribution in [0.25, 0.3) is 0 Å². The average molecular weight is 238 g/mol.